The minimum absolute atomic E-state index is 0.362. The van der Waals surface area contributed by atoms with Crippen molar-refractivity contribution in [3.05, 3.63) is 29.8 Å². The SMILES string of the molecule is O=C(O)c1ccccc1NCC1CCCC1. The fraction of sp³-hybridized carbons (Fsp3) is 0.462. The van der Waals surface area contributed by atoms with E-state index < -0.39 is 5.97 Å². The van der Waals surface area contributed by atoms with E-state index in [2.05, 4.69) is 5.32 Å². The van der Waals surface area contributed by atoms with Crippen molar-refractivity contribution < 1.29 is 9.90 Å². The van der Waals surface area contributed by atoms with Gasteiger partial charge in [0.2, 0.25) is 0 Å². The molecule has 0 amide bonds. The highest BCUT2D eigenvalue weighted by atomic mass is 16.4. The number of carbonyl (C=O) groups is 1. The maximum atomic E-state index is 11.0. The fourth-order valence-corrected chi connectivity index (χ4v) is 2.29. The lowest BCUT2D eigenvalue weighted by Crippen LogP contribution is -2.13. The van der Waals surface area contributed by atoms with Crippen LogP contribution in [-0.2, 0) is 0 Å². The summed E-state index contributed by atoms with van der Waals surface area (Å²) in [5, 5.41) is 12.3. The summed E-state index contributed by atoms with van der Waals surface area (Å²) in [7, 11) is 0. The van der Waals surface area contributed by atoms with E-state index in [1.54, 1.807) is 12.1 Å². The molecular weight excluding hydrogens is 202 g/mol. The summed E-state index contributed by atoms with van der Waals surface area (Å²) in [4.78, 5) is 11.0. The quantitative estimate of drug-likeness (QED) is 0.818. The van der Waals surface area contributed by atoms with Crippen molar-refractivity contribution in [1.29, 1.82) is 0 Å². The molecule has 1 aliphatic carbocycles. The van der Waals surface area contributed by atoms with Gasteiger partial charge in [0.1, 0.15) is 0 Å². The number of carboxylic acids is 1. The van der Waals surface area contributed by atoms with Gasteiger partial charge in [-0.25, -0.2) is 4.79 Å². The summed E-state index contributed by atoms with van der Waals surface area (Å²) in [6.07, 6.45) is 5.16. The largest absolute Gasteiger partial charge is 0.478 e. The maximum Gasteiger partial charge on any atom is 0.337 e. The second kappa shape index (κ2) is 5.01. The van der Waals surface area contributed by atoms with E-state index >= 15 is 0 Å². The average Bonchev–Trinajstić information content (AvgIpc) is 2.79. The van der Waals surface area contributed by atoms with Crippen LogP contribution in [0, 0.1) is 5.92 Å². The number of aromatic carboxylic acids is 1. The third-order valence-electron chi connectivity index (χ3n) is 3.21. The van der Waals surface area contributed by atoms with Gasteiger partial charge in [-0.3, -0.25) is 0 Å². The molecule has 16 heavy (non-hydrogen) atoms. The molecule has 0 radical (unpaired) electrons. The number of hydrogen-bond donors (Lipinski definition) is 2. The third kappa shape index (κ3) is 2.54. The van der Waals surface area contributed by atoms with Gasteiger partial charge < -0.3 is 10.4 Å². The Morgan fingerprint density at radius 1 is 1.31 bits per heavy atom. The Bertz CT molecular complexity index is 370. The Morgan fingerprint density at radius 2 is 2.00 bits per heavy atom. The molecule has 3 heteroatoms. The van der Waals surface area contributed by atoms with Crippen LogP contribution in [-0.4, -0.2) is 17.6 Å². The summed E-state index contributed by atoms with van der Waals surface area (Å²) >= 11 is 0. The standard InChI is InChI=1S/C13H17NO2/c15-13(16)11-7-3-4-8-12(11)14-9-10-5-1-2-6-10/h3-4,7-8,10,14H,1-2,5-6,9H2,(H,15,16). The minimum atomic E-state index is -0.866. The van der Waals surface area contributed by atoms with Gasteiger partial charge >= 0.3 is 5.97 Å². The van der Waals surface area contributed by atoms with Crippen LogP contribution in [0.5, 0.6) is 0 Å². The Labute approximate surface area is 95.5 Å². The van der Waals surface area contributed by atoms with E-state index in [4.69, 9.17) is 5.11 Å². The van der Waals surface area contributed by atoms with Crippen molar-refractivity contribution in [2.75, 3.05) is 11.9 Å². The molecule has 86 valence electrons. The lowest BCUT2D eigenvalue weighted by molar-refractivity contribution is 0.0698. The van der Waals surface area contributed by atoms with Gasteiger partial charge in [0.15, 0.2) is 0 Å². The number of rotatable bonds is 4. The number of carboxylic acid groups (broad SMARTS) is 1. The van der Waals surface area contributed by atoms with Gasteiger partial charge in [0.05, 0.1) is 5.56 Å². The van der Waals surface area contributed by atoms with Crippen LogP contribution < -0.4 is 5.32 Å². The lowest BCUT2D eigenvalue weighted by Gasteiger charge is -2.13. The molecule has 1 fully saturated rings. The van der Waals surface area contributed by atoms with Crippen molar-refractivity contribution >= 4 is 11.7 Å². The number of hydrogen-bond acceptors (Lipinski definition) is 2. The Kier molecular flexibility index (Phi) is 3.44. The van der Waals surface area contributed by atoms with Crippen LogP contribution in [0.2, 0.25) is 0 Å². The number of anilines is 1. The Hall–Kier alpha value is -1.51. The van der Waals surface area contributed by atoms with Gasteiger partial charge in [0.25, 0.3) is 0 Å². The first-order chi connectivity index (χ1) is 7.77. The summed E-state index contributed by atoms with van der Waals surface area (Å²) in [6.45, 7) is 0.893. The number of nitrogens with one attached hydrogen (secondary N) is 1. The van der Waals surface area contributed by atoms with Gasteiger partial charge in [0, 0.05) is 12.2 Å². The van der Waals surface area contributed by atoms with Crippen LogP contribution in [0.4, 0.5) is 5.69 Å². The van der Waals surface area contributed by atoms with Crippen molar-refractivity contribution in [3.63, 3.8) is 0 Å². The van der Waals surface area contributed by atoms with E-state index in [-0.39, 0.29) is 0 Å². The molecule has 1 aromatic rings. The second-order valence-corrected chi connectivity index (χ2v) is 4.38. The normalized spacial score (nSPS) is 16.2. The minimum Gasteiger partial charge on any atom is -0.478 e. The molecule has 1 saturated carbocycles. The Balaban J connectivity index is 2.00. The molecule has 0 saturated heterocycles. The van der Waals surface area contributed by atoms with E-state index in [9.17, 15) is 4.79 Å². The zero-order valence-electron chi connectivity index (χ0n) is 9.28. The van der Waals surface area contributed by atoms with E-state index in [0.29, 0.717) is 11.5 Å². The first kappa shape index (κ1) is 11.0. The second-order valence-electron chi connectivity index (χ2n) is 4.38. The van der Waals surface area contributed by atoms with Crippen LogP contribution >= 0.6 is 0 Å². The predicted octanol–water partition coefficient (Wildman–Crippen LogP) is 2.99. The first-order valence-corrected chi connectivity index (χ1v) is 5.83. The number of para-hydroxylation sites is 1. The first-order valence-electron chi connectivity index (χ1n) is 5.83. The van der Waals surface area contributed by atoms with Crippen LogP contribution in [0.15, 0.2) is 24.3 Å². The van der Waals surface area contributed by atoms with Gasteiger partial charge in [-0.2, -0.15) is 0 Å². The monoisotopic (exact) mass is 219 g/mol. The predicted molar refractivity (Wildman–Crippen MR) is 63.8 cm³/mol. The van der Waals surface area contributed by atoms with Gasteiger partial charge in [-0.05, 0) is 30.9 Å². The summed E-state index contributed by atoms with van der Waals surface area (Å²) in [5.41, 5.74) is 1.10. The molecule has 1 aliphatic rings. The van der Waals surface area contributed by atoms with Gasteiger partial charge in [-0.1, -0.05) is 25.0 Å². The van der Waals surface area contributed by atoms with Crippen molar-refractivity contribution in [2.24, 2.45) is 5.92 Å². The molecule has 0 unspecified atom stereocenters. The molecule has 2 rings (SSSR count). The molecule has 0 atom stereocenters. The molecule has 0 aliphatic heterocycles. The topological polar surface area (TPSA) is 49.3 Å². The molecule has 2 N–H and O–H groups in total. The average molecular weight is 219 g/mol. The van der Waals surface area contributed by atoms with Crippen molar-refractivity contribution in [2.45, 2.75) is 25.7 Å². The molecule has 0 heterocycles. The van der Waals surface area contributed by atoms with E-state index in [1.807, 2.05) is 12.1 Å². The van der Waals surface area contributed by atoms with Crippen molar-refractivity contribution in [1.82, 2.24) is 0 Å². The van der Waals surface area contributed by atoms with Crippen LogP contribution in [0.3, 0.4) is 0 Å². The van der Waals surface area contributed by atoms with E-state index in [1.165, 1.54) is 25.7 Å². The lowest BCUT2D eigenvalue weighted by atomic mass is 10.1. The van der Waals surface area contributed by atoms with Crippen LogP contribution in [0.1, 0.15) is 36.0 Å². The molecule has 1 aromatic carbocycles. The molecular formula is C13H17NO2. The third-order valence-corrected chi connectivity index (χ3v) is 3.21. The summed E-state index contributed by atoms with van der Waals surface area (Å²) < 4.78 is 0. The zero-order valence-corrected chi connectivity index (χ0v) is 9.28. The van der Waals surface area contributed by atoms with Gasteiger partial charge in [-0.15, -0.1) is 0 Å². The number of benzene rings is 1. The molecule has 3 nitrogen and oxygen atoms in total. The molecule has 0 aromatic heterocycles. The summed E-state index contributed by atoms with van der Waals surface area (Å²) in [6, 6.07) is 7.09. The Morgan fingerprint density at radius 3 is 2.69 bits per heavy atom. The van der Waals surface area contributed by atoms with Crippen molar-refractivity contribution in [3.8, 4) is 0 Å². The van der Waals surface area contributed by atoms with Crippen LogP contribution in [0.25, 0.3) is 0 Å². The zero-order chi connectivity index (χ0) is 11.4. The maximum absolute atomic E-state index is 11.0. The molecule has 0 spiro atoms. The smallest absolute Gasteiger partial charge is 0.337 e. The highest BCUT2D eigenvalue weighted by Gasteiger charge is 2.15. The fourth-order valence-electron chi connectivity index (χ4n) is 2.29. The molecule has 0 bridgehead atoms. The highest BCUT2D eigenvalue weighted by Crippen LogP contribution is 2.25. The summed E-state index contributed by atoms with van der Waals surface area (Å²) in [5.74, 6) is -0.156. The van der Waals surface area contributed by atoms with E-state index in [0.717, 1.165) is 12.2 Å². The highest BCUT2D eigenvalue weighted by molar-refractivity contribution is 5.94.